The van der Waals surface area contributed by atoms with Crippen LogP contribution in [0.15, 0.2) is 12.3 Å². The second-order valence-corrected chi connectivity index (χ2v) is 3.22. The van der Waals surface area contributed by atoms with Crippen molar-refractivity contribution in [3.05, 3.63) is 12.3 Å². The van der Waals surface area contributed by atoms with Gasteiger partial charge in [0.15, 0.2) is 0 Å². The van der Waals surface area contributed by atoms with Crippen molar-refractivity contribution in [2.24, 2.45) is 5.41 Å². The fourth-order valence-electron chi connectivity index (χ4n) is 1.74. The molecule has 0 bridgehead atoms. The van der Waals surface area contributed by atoms with E-state index in [9.17, 15) is 0 Å². The van der Waals surface area contributed by atoms with Crippen LogP contribution in [0.4, 0.5) is 0 Å². The van der Waals surface area contributed by atoms with E-state index in [0.717, 1.165) is 0 Å². The molecule has 0 atom stereocenters. The topological polar surface area (TPSA) is 12.0 Å². The molecule has 1 aliphatic rings. The van der Waals surface area contributed by atoms with Crippen LogP contribution in [0.25, 0.3) is 0 Å². The lowest BCUT2D eigenvalue weighted by Crippen LogP contribution is -2.35. The van der Waals surface area contributed by atoms with Gasteiger partial charge in [0, 0.05) is 18.2 Å². The minimum Gasteiger partial charge on any atom is -0.391 e. The lowest BCUT2D eigenvalue weighted by molar-refractivity contribution is 0.169. The van der Waals surface area contributed by atoms with Gasteiger partial charge in [-0.25, -0.2) is 0 Å². The Morgan fingerprint density at radius 3 is 2.30 bits per heavy atom. The number of rotatable bonds is 3. The van der Waals surface area contributed by atoms with Gasteiger partial charge in [0.05, 0.1) is 0 Å². The first-order chi connectivity index (χ1) is 4.75. The van der Waals surface area contributed by atoms with E-state index in [2.05, 4.69) is 18.8 Å². The van der Waals surface area contributed by atoms with E-state index < -0.39 is 0 Å². The highest BCUT2D eigenvalue weighted by Crippen LogP contribution is 2.47. The summed E-state index contributed by atoms with van der Waals surface area (Å²) in [6.07, 6.45) is 5.30. The van der Waals surface area contributed by atoms with Gasteiger partial charge in [0.25, 0.3) is 0 Å². The van der Waals surface area contributed by atoms with Gasteiger partial charge in [0.1, 0.15) is 0 Å². The van der Waals surface area contributed by atoms with Gasteiger partial charge < -0.3 is 5.32 Å². The molecule has 0 saturated heterocycles. The van der Waals surface area contributed by atoms with E-state index in [-0.39, 0.29) is 0 Å². The Bertz CT molecular complexity index is 128. The Kier molecular flexibility index (Phi) is 2.02. The average molecular weight is 139 g/mol. The van der Waals surface area contributed by atoms with E-state index in [1.165, 1.54) is 31.4 Å². The number of allylic oxidation sites excluding steroid dienone is 1. The van der Waals surface area contributed by atoms with Gasteiger partial charge in [-0.05, 0) is 19.3 Å². The fourth-order valence-corrected chi connectivity index (χ4v) is 1.74. The highest BCUT2D eigenvalue weighted by atomic mass is 14.9. The number of hydrogen-bond acceptors (Lipinski definition) is 1. The SMILES string of the molecule is C=C(NC)C1(CC)CCC1. The van der Waals surface area contributed by atoms with Crippen LogP contribution in [-0.4, -0.2) is 7.05 Å². The van der Waals surface area contributed by atoms with Crippen molar-refractivity contribution in [1.29, 1.82) is 0 Å². The maximum atomic E-state index is 4.03. The van der Waals surface area contributed by atoms with Gasteiger partial charge in [-0.2, -0.15) is 0 Å². The quantitative estimate of drug-likeness (QED) is 0.632. The molecule has 1 fully saturated rings. The largest absolute Gasteiger partial charge is 0.391 e. The molecular formula is C9H17N. The number of hydrogen-bond donors (Lipinski definition) is 1. The molecule has 1 rings (SSSR count). The van der Waals surface area contributed by atoms with Crippen LogP contribution in [0.3, 0.4) is 0 Å². The second kappa shape index (κ2) is 2.65. The molecule has 0 heterocycles. The molecule has 0 radical (unpaired) electrons. The Hall–Kier alpha value is -0.460. The molecule has 1 N–H and O–H groups in total. The predicted molar refractivity (Wildman–Crippen MR) is 44.8 cm³/mol. The Labute approximate surface area is 63.5 Å². The summed E-state index contributed by atoms with van der Waals surface area (Å²) in [5.74, 6) is 0. The highest BCUT2D eigenvalue weighted by Gasteiger charge is 2.37. The van der Waals surface area contributed by atoms with Crippen molar-refractivity contribution in [3.8, 4) is 0 Å². The minimum atomic E-state index is 0.467. The van der Waals surface area contributed by atoms with Crippen LogP contribution >= 0.6 is 0 Å². The van der Waals surface area contributed by atoms with Gasteiger partial charge in [0.2, 0.25) is 0 Å². The van der Waals surface area contributed by atoms with E-state index in [1.807, 2.05) is 7.05 Å². The van der Waals surface area contributed by atoms with Crippen LogP contribution in [0.5, 0.6) is 0 Å². The van der Waals surface area contributed by atoms with Crippen molar-refractivity contribution in [2.75, 3.05) is 7.05 Å². The molecule has 1 aliphatic carbocycles. The zero-order chi connectivity index (χ0) is 7.61. The Morgan fingerprint density at radius 2 is 2.20 bits per heavy atom. The van der Waals surface area contributed by atoms with Crippen molar-refractivity contribution in [2.45, 2.75) is 32.6 Å². The first-order valence-corrected chi connectivity index (χ1v) is 4.12. The lowest BCUT2D eigenvalue weighted by Gasteiger charge is -2.42. The van der Waals surface area contributed by atoms with Crippen LogP contribution in [0, 0.1) is 5.41 Å². The summed E-state index contributed by atoms with van der Waals surface area (Å²) in [5.41, 5.74) is 1.70. The van der Waals surface area contributed by atoms with Crippen LogP contribution in [0.2, 0.25) is 0 Å². The summed E-state index contributed by atoms with van der Waals surface area (Å²) >= 11 is 0. The standard InChI is InChI=1S/C9H17N/c1-4-9(6-5-7-9)8(2)10-3/h10H,2,4-7H2,1,3H3. The third kappa shape index (κ3) is 0.938. The van der Waals surface area contributed by atoms with E-state index in [0.29, 0.717) is 5.41 Å². The minimum absolute atomic E-state index is 0.467. The molecule has 58 valence electrons. The Balaban J connectivity index is 2.55. The molecule has 1 nitrogen and oxygen atoms in total. The maximum Gasteiger partial charge on any atom is 0.00939 e. The molecule has 1 heteroatoms. The van der Waals surface area contributed by atoms with Gasteiger partial charge >= 0.3 is 0 Å². The molecule has 0 amide bonds. The van der Waals surface area contributed by atoms with E-state index in [4.69, 9.17) is 0 Å². The van der Waals surface area contributed by atoms with Crippen molar-refractivity contribution < 1.29 is 0 Å². The first kappa shape index (κ1) is 7.64. The average Bonchev–Trinajstić information content (AvgIpc) is 1.86. The first-order valence-electron chi connectivity index (χ1n) is 4.12. The molecule has 0 aliphatic heterocycles. The highest BCUT2D eigenvalue weighted by molar-refractivity contribution is 5.11. The van der Waals surface area contributed by atoms with Crippen LogP contribution < -0.4 is 5.32 Å². The number of nitrogens with one attached hydrogen (secondary N) is 1. The third-order valence-electron chi connectivity index (χ3n) is 2.93. The van der Waals surface area contributed by atoms with Crippen LogP contribution in [-0.2, 0) is 0 Å². The zero-order valence-corrected chi connectivity index (χ0v) is 7.04. The lowest BCUT2D eigenvalue weighted by atomic mass is 9.65. The van der Waals surface area contributed by atoms with Crippen molar-refractivity contribution in [1.82, 2.24) is 5.32 Å². The summed E-state index contributed by atoms with van der Waals surface area (Å²) < 4.78 is 0. The van der Waals surface area contributed by atoms with Gasteiger partial charge in [-0.15, -0.1) is 0 Å². The molecule has 10 heavy (non-hydrogen) atoms. The summed E-state index contributed by atoms with van der Waals surface area (Å²) in [6, 6.07) is 0. The van der Waals surface area contributed by atoms with E-state index in [1.54, 1.807) is 0 Å². The van der Waals surface area contributed by atoms with Gasteiger partial charge in [-0.3, -0.25) is 0 Å². The summed E-state index contributed by atoms with van der Waals surface area (Å²) in [7, 11) is 1.97. The van der Waals surface area contributed by atoms with Crippen LogP contribution in [0.1, 0.15) is 32.6 Å². The molecule has 0 aromatic heterocycles. The molecule has 0 spiro atoms. The van der Waals surface area contributed by atoms with Crippen molar-refractivity contribution in [3.63, 3.8) is 0 Å². The molecule has 0 aromatic rings. The van der Waals surface area contributed by atoms with Gasteiger partial charge in [-0.1, -0.05) is 19.9 Å². The predicted octanol–water partition coefficient (Wildman–Crippen LogP) is 2.30. The van der Waals surface area contributed by atoms with Crippen molar-refractivity contribution >= 4 is 0 Å². The third-order valence-corrected chi connectivity index (χ3v) is 2.93. The molecule has 1 saturated carbocycles. The molecule has 0 aromatic carbocycles. The monoisotopic (exact) mass is 139 g/mol. The Morgan fingerprint density at radius 1 is 1.60 bits per heavy atom. The van der Waals surface area contributed by atoms with E-state index >= 15 is 0 Å². The summed E-state index contributed by atoms with van der Waals surface area (Å²) in [5, 5.41) is 3.16. The molecular weight excluding hydrogens is 122 g/mol. The molecule has 0 unspecified atom stereocenters. The fraction of sp³-hybridized carbons (Fsp3) is 0.778. The smallest absolute Gasteiger partial charge is 0.00939 e. The second-order valence-electron chi connectivity index (χ2n) is 3.22. The zero-order valence-electron chi connectivity index (χ0n) is 7.04. The maximum absolute atomic E-state index is 4.03. The summed E-state index contributed by atoms with van der Waals surface area (Å²) in [6.45, 7) is 6.28. The summed E-state index contributed by atoms with van der Waals surface area (Å²) in [4.78, 5) is 0. The normalized spacial score (nSPS) is 21.4.